The van der Waals surface area contributed by atoms with Crippen molar-refractivity contribution >= 4 is 22.5 Å². The molecule has 2 aromatic rings. The molecule has 0 amide bonds. The van der Waals surface area contributed by atoms with Gasteiger partial charge in [-0.05, 0) is 24.3 Å². The molecule has 84 valence electrons. The van der Waals surface area contributed by atoms with Crippen molar-refractivity contribution in [2.24, 2.45) is 0 Å². The SMILES string of the molecule is CC(C)(C)c1cc(Cl)c2cc(F)ccc2n1. The van der Waals surface area contributed by atoms with Crippen molar-refractivity contribution in [2.75, 3.05) is 0 Å². The Labute approximate surface area is 99.3 Å². The fourth-order valence-electron chi connectivity index (χ4n) is 1.54. The van der Waals surface area contributed by atoms with E-state index in [9.17, 15) is 4.39 Å². The van der Waals surface area contributed by atoms with Gasteiger partial charge in [0.2, 0.25) is 0 Å². The van der Waals surface area contributed by atoms with Crippen LogP contribution in [0.1, 0.15) is 26.5 Å². The van der Waals surface area contributed by atoms with Gasteiger partial charge in [0, 0.05) is 16.5 Å². The molecule has 1 aromatic carbocycles. The number of halogens is 2. The van der Waals surface area contributed by atoms with Gasteiger partial charge >= 0.3 is 0 Å². The highest BCUT2D eigenvalue weighted by molar-refractivity contribution is 6.35. The van der Waals surface area contributed by atoms with Crippen molar-refractivity contribution in [2.45, 2.75) is 26.2 Å². The average molecular weight is 238 g/mol. The van der Waals surface area contributed by atoms with Crippen LogP contribution in [0.25, 0.3) is 10.9 Å². The average Bonchev–Trinajstić information content (AvgIpc) is 2.17. The maximum atomic E-state index is 13.1. The van der Waals surface area contributed by atoms with Gasteiger partial charge in [0.05, 0.1) is 10.5 Å². The zero-order valence-corrected chi connectivity index (χ0v) is 10.3. The van der Waals surface area contributed by atoms with Crippen molar-refractivity contribution in [1.29, 1.82) is 0 Å². The lowest BCUT2D eigenvalue weighted by atomic mass is 9.91. The van der Waals surface area contributed by atoms with Gasteiger partial charge in [-0.15, -0.1) is 0 Å². The molecule has 16 heavy (non-hydrogen) atoms. The second-order valence-corrected chi connectivity index (χ2v) is 5.31. The molecule has 0 atom stereocenters. The molecule has 0 aliphatic heterocycles. The predicted molar refractivity (Wildman–Crippen MR) is 65.4 cm³/mol. The molecule has 0 saturated carbocycles. The molecule has 0 fully saturated rings. The number of aromatic nitrogens is 1. The highest BCUT2D eigenvalue weighted by atomic mass is 35.5. The van der Waals surface area contributed by atoms with Gasteiger partial charge in [-0.2, -0.15) is 0 Å². The second-order valence-electron chi connectivity index (χ2n) is 4.90. The first-order valence-electron chi connectivity index (χ1n) is 5.14. The van der Waals surface area contributed by atoms with Crippen molar-refractivity contribution in [3.8, 4) is 0 Å². The van der Waals surface area contributed by atoms with Crippen LogP contribution in [0.2, 0.25) is 5.02 Å². The first-order valence-corrected chi connectivity index (χ1v) is 5.52. The number of hydrogen-bond acceptors (Lipinski definition) is 1. The fraction of sp³-hybridized carbons (Fsp3) is 0.308. The van der Waals surface area contributed by atoms with E-state index in [2.05, 4.69) is 25.8 Å². The van der Waals surface area contributed by atoms with Crippen LogP contribution in [0.3, 0.4) is 0 Å². The van der Waals surface area contributed by atoms with E-state index >= 15 is 0 Å². The highest BCUT2D eigenvalue weighted by Gasteiger charge is 2.17. The molecule has 0 aliphatic rings. The highest BCUT2D eigenvalue weighted by Crippen LogP contribution is 2.29. The molecule has 1 aromatic heterocycles. The number of fused-ring (bicyclic) bond motifs is 1. The molecular formula is C13H13ClFN. The van der Waals surface area contributed by atoms with Crippen LogP contribution in [0.5, 0.6) is 0 Å². The Kier molecular flexibility index (Phi) is 2.62. The summed E-state index contributed by atoms with van der Waals surface area (Å²) in [7, 11) is 0. The number of pyridine rings is 1. The number of nitrogens with zero attached hydrogens (tertiary/aromatic N) is 1. The maximum Gasteiger partial charge on any atom is 0.124 e. The summed E-state index contributed by atoms with van der Waals surface area (Å²) in [6.07, 6.45) is 0. The minimum absolute atomic E-state index is 0.0633. The van der Waals surface area contributed by atoms with E-state index < -0.39 is 0 Å². The van der Waals surface area contributed by atoms with E-state index in [1.807, 2.05) is 6.07 Å². The normalized spacial score (nSPS) is 12.1. The fourth-order valence-corrected chi connectivity index (χ4v) is 1.80. The summed E-state index contributed by atoms with van der Waals surface area (Å²) < 4.78 is 13.1. The van der Waals surface area contributed by atoms with Crippen LogP contribution in [0, 0.1) is 5.82 Å². The van der Waals surface area contributed by atoms with Crippen LogP contribution in [-0.4, -0.2) is 4.98 Å². The third-order valence-electron chi connectivity index (χ3n) is 2.49. The van der Waals surface area contributed by atoms with Gasteiger partial charge in [-0.3, -0.25) is 4.98 Å². The molecule has 0 N–H and O–H groups in total. The first kappa shape index (κ1) is 11.3. The third-order valence-corrected chi connectivity index (χ3v) is 2.80. The molecule has 0 bridgehead atoms. The molecule has 0 unspecified atom stereocenters. The number of benzene rings is 1. The van der Waals surface area contributed by atoms with E-state index in [1.54, 1.807) is 6.07 Å². The van der Waals surface area contributed by atoms with Crippen molar-refractivity contribution in [3.63, 3.8) is 0 Å². The molecule has 0 spiro atoms. The standard InChI is InChI=1S/C13H13ClFN/c1-13(2,3)12-7-10(14)9-6-8(15)4-5-11(9)16-12/h4-7H,1-3H3. The molecule has 1 heterocycles. The quantitative estimate of drug-likeness (QED) is 0.665. The topological polar surface area (TPSA) is 12.9 Å². The van der Waals surface area contributed by atoms with E-state index in [0.717, 1.165) is 11.2 Å². The number of rotatable bonds is 0. The molecule has 0 aliphatic carbocycles. The van der Waals surface area contributed by atoms with Crippen molar-refractivity contribution in [3.05, 3.63) is 40.8 Å². The van der Waals surface area contributed by atoms with Gasteiger partial charge in [-0.25, -0.2) is 4.39 Å². The Balaban J connectivity index is 2.74. The molecule has 0 radical (unpaired) electrons. The van der Waals surface area contributed by atoms with Crippen molar-refractivity contribution < 1.29 is 4.39 Å². The Morgan fingerprint density at radius 2 is 1.88 bits per heavy atom. The second kappa shape index (κ2) is 3.70. The summed E-state index contributed by atoms with van der Waals surface area (Å²) in [5.74, 6) is -0.292. The van der Waals surface area contributed by atoms with Crippen LogP contribution in [0.15, 0.2) is 24.3 Å². The van der Waals surface area contributed by atoms with E-state index in [4.69, 9.17) is 11.6 Å². The van der Waals surface area contributed by atoms with Crippen LogP contribution >= 0.6 is 11.6 Å². The van der Waals surface area contributed by atoms with Gasteiger partial charge in [0.1, 0.15) is 5.82 Å². The largest absolute Gasteiger partial charge is 0.252 e. The molecule has 1 nitrogen and oxygen atoms in total. The summed E-state index contributed by atoms with van der Waals surface area (Å²) in [6.45, 7) is 6.21. The van der Waals surface area contributed by atoms with Crippen LogP contribution < -0.4 is 0 Å². The molecular weight excluding hydrogens is 225 g/mol. The Bertz CT molecular complexity index is 543. The number of hydrogen-bond donors (Lipinski definition) is 0. The van der Waals surface area contributed by atoms with Gasteiger partial charge in [0.15, 0.2) is 0 Å². The Hall–Kier alpha value is -1.15. The minimum atomic E-state index is -0.292. The van der Waals surface area contributed by atoms with Crippen LogP contribution in [-0.2, 0) is 5.41 Å². The van der Waals surface area contributed by atoms with Gasteiger partial charge < -0.3 is 0 Å². The predicted octanol–water partition coefficient (Wildman–Crippen LogP) is 4.32. The summed E-state index contributed by atoms with van der Waals surface area (Å²) in [5, 5.41) is 1.21. The smallest absolute Gasteiger partial charge is 0.124 e. The van der Waals surface area contributed by atoms with Crippen LogP contribution in [0.4, 0.5) is 4.39 Å². The summed E-state index contributed by atoms with van der Waals surface area (Å²) in [6, 6.07) is 6.28. The zero-order chi connectivity index (χ0) is 11.9. The summed E-state index contributed by atoms with van der Waals surface area (Å²) in [5.41, 5.74) is 1.59. The van der Waals surface area contributed by atoms with Gasteiger partial charge in [-0.1, -0.05) is 32.4 Å². The Morgan fingerprint density at radius 3 is 2.50 bits per heavy atom. The summed E-state index contributed by atoms with van der Waals surface area (Å²) >= 11 is 6.13. The lowest BCUT2D eigenvalue weighted by Crippen LogP contribution is -2.13. The molecule has 3 heteroatoms. The lowest BCUT2D eigenvalue weighted by Gasteiger charge is -2.18. The van der Waals surface area contributed by atoms with E-state index in [1.165, 1.54) is 12.1 Å². The molecule has 2 rings (SSSR count). The third kappa shape index (κ3) is 2.03. The molecule has 0 saturated heterocycles. The zero-order valence-electron chi connectivity index (χ0n) is 9.51. The van der Waals surface area contributed by atoms with Gasteiger partial charge in [0.25, 0.3) is 0 Å². The maximum absolute atomic E-state index is 13.1. The van der Waals surface area contributed by atoms with Crippen molar-refractivity contribution in [1.82, 2.24) is 4.98 Å². The van der Waals surface area contributed by atoms with E-state index in [0.29, 0.717) is 10.4 Å². The monoisotopic (exact) mass is 237 g/mol. The summed E-state index contributed by atoms with van der Waals surface area (Å²) in [4.78, 5) is 4.50. The Morgan fingerprint density at radius 1 is 1.19 bits per heavy atom. The van der Waals surface area contributed by atoms with E-state index in [-0.39, 0.29) is 11.2 Å². The minimum Gasteiger partial charge on any atom is -0.252 e. The first-order chi connectivity index (χ1) is 7.38. The lowest BCUT2D eigenvalue weighted by molar-refractivity contribution is 0.571.